The molecule has 0 aliphatic rings. The Morgan fingerprint density at radius 3 is 2.58 bits per heavy atom. The molecule has 0 atom stereocenters. The number of carbonyl (C=O) groups excluding carboxylic acids is 2. The van der Waals surface area contributed by atoms with Gasteiger partial charge in [-0.15, -0.1) is 0 Å². The highest BCUT2D eigenvalue weighted by atomic mass is 16.5. The molecule has 24 heavy (non-hydrogen) atoms. The van der Waals surface area contributed by atoms with Gasteiger partial charge in [0, 0.05) is 24.7 Å². The maximum absolute atomic E-state index is 11.9. The summed E-state index contributed by atoms with van der Waals surface area (Å²) in [7, 11) is 4.99. The first kappa shape index (κ1) is 19.8. The number of hydrogen-bond acceptors (Lipinski definition) is 5. The molecule has 0 saturated carbocycles. The molecule has 2 N–H and O–H groups in total. The number of urea groups is 1. The van der Waals surface area contributed by atoms with E-state index in [-0.39, 0.29) is 12.5 Å². The first-order valence-corrected chi connectivity index (χ1v) is 7.97. The summed E-state index contributed by atoms with van der Waals surface area (Å²) in [6.45, 7) is 3.22. The number of methoxy groups -OCH3 is 2. The summed E-state index contributed by atoms with van der Waals surface area (Å²) < 4.78 is 10.5. The van der Waals surface area contributed by atoms with Crippen molar-refractivity contribution in [1.29, 1.82) is 0 Å². The Morgan fingerprint density at radius 1 is 1.21 bits per heavy atom. The standard InChI is InChI=1S/C17H27N3O4/c1-5-6-9-18-17(22)19-16(21)12-20(2)11-13-7-8-14(23-3)10-15(13)24-4/h7-8,10H,5-6,9,11-12H2,1-4H3,(H2,18,19,21,22). The van der Waals surface area contributed by atoms with Gasteiger partial charge in [0.25, 0.3) is 0 Å². The van der Waals surface area contributed by atoms with Gasteiger partial charge in [-0.25, -0.2) is 4.79 Å². The maximum Gasteiger partial charge on any atom is 0.321 e. The number of nitrogens with one attached hydrogen (secondary N) is 2. The van der Waals surface area contributed by atoms with Crippen molar-refractivity contribution in [3.05, 3.63) is 23.8 Å². The Kier molecular flexibility index (Phi) is 8.64. The summed E-state index contributed by atoms with van der Waals surface area (Å²) in [6.07, 6.45) is 1.87. The van der Waals surface area contributed by atoms with Gasteiger partial charge in [-0.3, -0.25) is 15.0 Å². The monoisotopic (exact) mass is 337 g/mol. The molecule has 7 heteroatoms. The highest BCUT2D eigenvalue weighted by Crippen LogP contribution is 2.25. The minimum atomic E-state index is -0.455. The van der Waals surface area contributed by atoms with E-state index in [2.05, 4.69) is 10.6 Å². The minimum Gasteiger partial charge on any atom is -0.497 e. The third kappa shape index (κ3) is 6.87. The predicted molar refractivity (Wildman–Crippen MR) is 92.3 cm³/mol. The van der Waals surface area contributed by atoms with Crippen molar-refractivity contribution in [3.63, 3.8) is 0 Å². The molecule has 1 aromatic rings. The Bertz CT molecular complexity index is 549. The normalized spacial score (nSPS) is 10.4. The number of benzene rings is 1. The van der Waals surface area contributed by atoms with E-state index < -0.39 is 6.03 Å². The minimum absolute atomic E-state index is 0.108. The number of ether oxygens (including phenoxy) is 2. The fourth-order valence-electron chi connectivity index (χ4n) is 2.16. The van der Waals surface area contributed by atoms with Crippen LogP contribution >= 0.6 is 0 Å². The Hall–Kier alpha value is -2.28. The lowest BCUT2D eigenvalue weighted by Gasteiger charge is -2.18. The van der Waals surface area contributed by atoms with Crippen molar-refractivity contribution >= 4 is 11.9 Å². The van der Waals surface area contributed by atoms with Crippen LogP contribution in [0.15, 0.2) is 18.2 Å². The number of imide groups is 1. The van der Waals surface area contributed by atoms with Crippen LogP contribution in [0.5, 0.6) is 11.5 Å². The van der Waals surface area contributed by atoms with E-state index in [9.17, 15) is 9.59 Å². The van der Waals surface area contributed by atoms with Crippen LogP contribution in [0.25, 0.3) is 0 Å². The summed E-state index contributed by atoms with van der Waals surface area (Å²) >= 11 is 0. The summed E-state index contributed by atoms with van der Waals surface area (Å²) in [5, 5.41) is 4.97. The summed E-state index contributed by atoms with van der Waals surface area (Å²) in [5.74, 6) is 1.05. The molecule has 0 saturated heterocycles. The number of amides is 3. The number of nitrogens with zero attached hydrogens (tertiary/aromatic N) is 1. The van der Waals surface area contributed by atoms with Crippen molar-refractivity contribution in [2.24, 2.45) is 0 Å². The number of likely N-dealkylation sites (N-methyl/N-ethyl adjacent to an activating group) is 1. The number of hydrogen-bond donors (Lipinski definition) is 2. The van der Waals surface area contributed by atoms with Gasteiger partial charge >= 0.3 is 6.03 Å². The van der Waals surface area contributed by atoms with Gasteiger partial charge in [0.15, 0.2) is 0 Å². The molecule has 0 spiro atoms. The third-order valence-corrected chi connectivity index (χ3v) is 3.42. The lowest BCUT2D eigenvalue weighted by molar-refractivity contribution is -0.120. The largest absolute Gasteiger partial charge is 0.497 e. The predicted octanol–water partition coefficient (Wildman–Crippen LogP) is 1.76. The highest BCUT2D eigenvalue weighted by Gasteiger charge is 2.13. The van der Waals surface area contributed by atoms with E-state index in [1.54, 1.807) is 32.2 Å². The summed E-state index contributed by atoms with van der Waals surface area (Å²) in [6, 6.07) is 5.07. The van der Waals surface area contributed by atoms with Gasteiger partial charge in [-0.2, -0.15) is 0 Å². The first-order valence-electron chi connectivity index (χ1n) is 7.97. The molecular formula is C17H27N3O4. The average Bonchev–Trinajstić information content (AvgIpc) is 2.55. The second-order valence-electron chi connectivity index (χ2n) is 5.51. The van der Waals surface area contributed by atoms with Gasteiger partial charge in [0.2, 0.25) is 5.91 Å². The van der Waals surface area contributed by atoms with Gasteiger partial charge in [-0.05, 0) is 19.5 Å². The molecule has 0 aliphatic carbocycles. The summed E-state index contributed by atoms with van der Waals surface area (Å²) in [4.78, 5) is 25.2. The van der Waals surface area contributed by atoms with Gasteiger partial charge in [-0.1, -0.05) is 19.4 Å². The second kappa shape index (κ2) is 10.5. The second-order valence-corrected chi connectivity index (χ2v) is 5.51. The molecule has 134 valence electrons. The van der Waals surface area contributed by atoms with Gasteiger partial charge < -0.3 is 14.8 Å². The van der Waals surface area contributed by atoms with E-state index in [1.807, 2.05) is 19.1 Å². The molecule has 0 radical (unpaired) electrons. The maximum atomic E-state index is 11.9. The van der Waals surface area contributed by atoms with Crippen molar-refractivity contribution in [2.45, 2.75) is 26.3 Å². The van der Waals surface area contributed by atoms with E-state index in [0.29, 0.717) is 24.6 Å². The summed E-state index contributed by atoms with van der Waals surface area (Å²) in [5.41, 5.74) is 0.931. The number of carbonyl (C=O) groups is 2. The zero-order chi connectivity index (χ0) is 17.9. The molecule has 7 nitrogen and oxygen atoms in total. The number of rotatable bonds is 9. The van der Waals surface area contributed by atoms with Crippen LogP contribution in [-0.2, 0) is 11.3 Å². The van der Waals surface area contributed by atoms with Crippen LogP contribution in [0.3, 0.4) is 0 Å². The van der Waals surface area contributed by atoms with Crippen molar-refractivity contribution in [3.8, 4) is 11.5 Å². The molecule has 0 unspecified atom stereocenters. The number of unbranched alkanes of at least 4 members (excludes halogenated alkanes) is 1. The molecule has 0 bridgehead atoms. The SMILES string of the molecule is CCCCNC(=O)NC(=O)CN(C)Cc1ccc(OC)cc1OC. The first-order chi connectivity index (χ1) is 11.5. The Labute approximate surface area is 143 Å². The molecule has 0 heterocycles. The van der Waals surface area contributed by atoms with Crippen molar-refractivity contribution in [1.82, 2.24) is 15.5 Å². The van der Waals surface area contributed by atoms with Crippen LogP contribution in [0, 0.1) is 0 Å². The average molecular weight is 337 g/mol. The van der Waals surface area contributed by atoms with Gasteiger partial charge in [0.05, 0.1) is 20.8 Å². The molecule has 1 aromatic carbocycles. The van der Waals surface area contributed by atoms with E-state index >= 15 is 0 Å². The Balaban J connectivity index is 2.49. The Morgan fingerprint density at radius 2 is 1.96 bits per heavy atom. The van der Waals surface area contributed by atoms with Crippen LogP contribution in [0.4, 0.5) is 4.79 Å². The highest BCUT2D eigenvalue weighted by molar-refractivity contribution is 5.95. The lowest BCUT2D eigenvalue weighted by Crippen LogP contribution is -2.43. The molecule has 1 rings (SSSR count). The van der Waals surface area contributed by atoms with E-state index in [0.717, 1.165) is 18.4 Å². The van der Waals surface area contributed by atoms with E-state index in [4.69, 9.17) is 9.47 Å². The fraction of sp³-hybridized carbons (Fsp3) is 0.529. The topological polar surface area (TPSA) is 79.9 Å². The van der Waals surface area contributed by atoms with E-state index in [1.165, 1.54) is 0 Å². The quantitative estimate of drug-likeness (QED) is 0.671. The molecule has 0 aromatic heterocycles. The molecule has 3 amide bonds. The fourth-order valence-corrected chi connectivity index (χ4v) is 2.16. The molecule has 0 aliphatic heterocycles. The smallest absolute Gasteiger partial charge is 0.321 e. The van der Waals surface area contributed by atoms with Crippen LogP contribution in [-0.4, -0.2) is 51.2 Å². The molecule has 0 fully saturated rings. The van der Waals surface area contributed by atoms with Crippen LogP contribution < -0.4 is 20.1 Å². The third-order valence-electron chi connectivity index (χ3n) is 3.42. The van der Waals surface area contributed by atoms with Gasteiger partial charge in [0.1, 0.15) is 11.5 Å². The zero-order valence-corrected chi connectivity index (χ0v) is 14.8. The van der Waals surface area contributed by atoms with Crippen molar-refractivity contribution < 1.29 is 19.1 Å². The lowest BCUT2D eigenvalue weighted by atomic mass is 10.2. The zero-order valence-electron chi connectivity index (χ0n) is 14.8. The molecular weight excluding hydrogens is 310 g/mol. The van der Waals surface area contributed by atoms with Crippen LogP contribution in [0.2, 0.25) is 0 Å². The van der Waals surface area contributed by atoms with Crippen LogP contribution in [0.1, 0.15) is 25.3 Å². The van der Waals surface area contributed by atoms with Crippen molar-refractivity contribution in [2.75, 3.05) is 34.4 Å².